The van der Waals surface area contributed by atoms with Crippen LogP contribution in [0.15, 0.2) is 60.3 Å². The molecule has 0 radical (unpaired) electrons. The van der Waals surface area contributed by atoms with Gasteiger partial charge in [0.25, 0.3) is 5.91 Å². The molecule has 0 saturated heterocycles. The summed E-state index contributed by atoms with van der Waals surface area (Å²) < 4.78 is 38.4. The number of hydrogen-bond donors (Lipinski definition) is 2. The third kappa shape index (κ3) is 5.82. The minimum atomic E-state index is -4.43. The first-order chi connectivity index (χ1) is 13.8. The van der Waals surface area contributed by atoms with Gasteiger partial charge in [0.2, 0.25) is 0 Å². The highest BCUT2D eigenvalue weighted by Gasteiger charge is 2.30. The normalized spacial score (nSPS) is 11.7. The lowest BCUT2D eigenvalue weighted by molar-refractivity contribution is -0.137. The Hall–Kier alpha value is -3.33. The number of amides is 1. The Bertz CT molecular complexity index is 911. The summed E-state index contributed by atoms with van der Waals surface area (Å²) in [7, 11) is 2.78. The first-order valence-electron chi connectivity index (χ1n) is 8.43. The first kappa shape index (κ1) is 22.0. The van der Waals surface area contributed by atoms with E-state index in [0.717, 1.165) is 12.1 Å². The second kappa shape index (κ2) is 9.74. The van der Waals surface area contributed by atoms with Crippen LogP contribution in [0.25, 0.3) is 5.70 Å². The maximum atomic E-state index is 12.8. The highest BCUT2D eigenvalue weighted by molar-refractivity contribution is 6.45. The van der Waals surface area contributed by atoms with Gasteiger partial charge in [-0.2, -0.15) is 13.2 Å². The number of carbonyl (C=O) groups is 1. The van der Waals surface area contributed by atoms with Gasteiger partial charge in [-0.3, -0.25) is 15.1 Å². The molecule has 0 aromatic heterocycles. The maximum Gasteiger partial charge on any atom is 0.416 e. The van der Waals surface area contributed by atoms with Crippen LogP contribution in [0.4, 0.5) is 13.2 Å². The molecule has 0 unspecified atom stereocenters. The molecule has 0 fully saturated rings. The zero-order valence-corrected chi connectivity index (χ0v) is 15.8. The molecule has 1 amide bonds. The van der Waals surface area contributed by atoms with Crippen molar-refractivity contribution in [1.82, 2.24) is 10.8 Å². The molecule has 2 rings (SSSR count). The molecular weight excluding hydrogens is 387 g/mol. The maximum absolute atomic E-state index is 12.8. The largest absolute Gasteiger partial charge is 0.416 e. The molecular formula is C20H20F3N3O3. The van der Waals surface area contributed by atoms with Crippen molar-refractivity contribution in [3.63, 3.8) is 0 Å². The summed E-state index contributed by atoms with van der Waals surface area (Å²) in [5, 5.41) is 6.23. The van der Waals surface area contributed by atoms with E-state index in [-0.39, 0.29) is 12.3 Å². The van der Waals surface area contributed by atoms with Gasteiger partial charge >= 0.3 is 6.18 Å². The monoisotopic (exact) mass is 407 g/mol. The molecule has 9 heteroatoms. The molecule has 0 aliphatic rings. The van der Waals surface area contributed by atoms with E-state index in [4.69, 9.17) is 9.68 Å². The number of carbonyl (C=O) groups excluding carboxylic acids is 1. The van der Waals surface area contributed by atoms with Crippen LogP contribution in [-0.4, -0.2) is 25.8 Å². The number of hydrogen-bond acceptors (Lipinski definition) is 5. The lowest BCUT2D eigenvalue weighted by atomic mass is 10.0. The molecule has 2 N–H and O–H groups in total. The molecule has 0 saturated carbocycles. The van der Waals surface area contributed by atoms with E-state index in [2.05, 4.69) is 22.5 Å². The van der Waals surface area contributed by atoms with Crippen molar-refractivity contribution in [3.8, 4) is 0 Å². The Morgan fingerprint density at radius 2 is 1.83 bits per heavy atom. The molecule has 0 bridgehead atoms. The molecule has 2 aromatic rings. The molecule has 154 valence electrons. The SMILES string of the molecule is C=C(NOCc1cccc(C(F)(F)F)c1)c1ccccc1C(=NOC)C(=O)NC. The van der Waals surface area contributed by atoms with E-state index in [1.165, 1.54) is 26.3 Å². The fourth-order valence-electron chi connectivity index (χ4n) is 2.47. The van der Waals surface area contributed by atoms with Crippen LogP contribution in [0.1, 0.15) is 22.3 Å². The van der Waals surface area contributed by atoms with Crippen LogP contribution in [0.2, 0.25) is 0 Å². The minimum absolute atomic E-state index is 0.0337. The number of oxime groups is 1. The molecule has 0 aliphatic carbocycles. The smallest absolute Gasteiger partial charge is 0.398 e. The third-order valence-corrected chi connectivity index (χ3v) is 3.82. The van der Waals surface area contributed by atoms with Crippen molar-refractivity contribution in [1.29, 1.82) is 0 Å². The van der Waals surface area contributed by atoms with Gasteiger partial charge in [0, 0.05) is 18.2 Å². The zero-order chi connectivity index (χ0) is 21.4. The standard InChI is InChI=1S/C20H20F3N3O3/c1-13(25-29-12-14-7-6-8-15(11-14)20(21,22)23)16-9-4-5-10-17(16)18(26-28-3)19(27)24-2/h4-11,25H,1,12H2,2-3H3,(H,24,27). The number of hydroxylamine groups is 1. The van der Waals surface area contributed by atoms with Gasteiger partial charge in [0.1, 0.15) is 7.11 Å². The number of benzene rings is 2. The predicted molar refractivity (Wildman–Crippen MR) is 102 cm³/mol. The fraction of sp³-hybridized carbons (Fsp3) is 0.200. The van der Waals surface area contributed by atoms with Gasteiger partial charge in [-0.1, -0.05) is 48.1 Å². The van der Waals surface area contributed by atoms with E-state index in [9.17, 15) is 18.0 Å². The van der Waals surface area contributed by atoms with Gasteiger partial charge in [-0.05, 0) is 17.7 Å². The molecule has 6 nitrogen and oxygen atoms in total. The minimum Gasteiger partial charge on any atom is -0.398 e. The summed E-state index contributed by atoms with van der Waals surface area (Å²) in [5.41, 5.74) is 3.45. The summed E-state index contributed by atoms with van der Waals surface area (Å²) >= 11 is 0. The highest BCUT2D eigenvalue weighted by atomic mass is 19.4. The zero-order valence-electron chi connectivity index (χ0n) is 15.8. The van der Waals surface area contributed by atoms with E-state index in [1.807, 2.05) is 0 Å². The third-order valence-electron chi connectivity index (χ3n) is 3.82. The van der Waals surface area contributed by atoms with Crippen LogP contribution < -0.4 is 10.8 Å². The Kier molecular flexibility index (Phi) is 7.38. The molecule has 0 atom stereocenters. The first-order valence-corrected chi connectivity index (χ1v) is 8.43. The van der Waals surface area contributed by atoms with Gasteiger partial charge in [0.05, 0.1) is 17.9 Å². The van der Waals surface area contributed by atoms with Crippen LogP contribution in [0.5, 0.6) is 0 Å². The molecule has 0 aliphatic heterocycles. The topological polar surface area (TPSA) is 71.9 Å². The lowest BCUT2D eigenvalue weighted by Gasteiger charge is -2.15. The number of nitrogens with zero attached hydrogens (tertiary/aromatic N) is 1. The summed E-state index contributed by atoms with van der Waals surface area (Å²) in [5.74, 6) is -0.461. The van der Waals surface area contributed by atoms with Crippen LogP contribution in [0, 0.1) is 0 Å². The molecule has 2 aromatic carbocycles. The average molecular weight is 407 g/mol. The van der Waals surface area contributed by atoms with E-state index >= 15 is 0 Å². The van der Waals surface area contributed by atoms with Crippen molar-refractivity contribution < 1.29 is 27.6 Å². The number of likely N-dealkylation sites (N-methyl/N-ethyl adjacent to an activating group) is 1. The Morgan fingerprint density at radius 3 is 2.45 bits per heavy atom. The van der Waals surface area contributed by atoms with Crippen molar-refractivity contribution >= 4 is 17.3 Å². The quantitative estimate of drug-likeness (QED) is 0.519. The fourth-order valence-corrected chi connectivity index (χ4v) is 2.47. The summed E-state index contributed by atoms with van der Waals surface area (Å²) in [4.78, 5) is 22.1. The number of rotatable bonds is 8. The van der Waals surface area contributed by atoms with Crippen molar-refractivity contribution in [2.45, 2.75) is 12.8 Å². The van der Waals surface area contributed by atoms with Crippen LogP contribution >= 0.6 is 0 Å². The lowest BCUT2D eigenvalue weighted by Crippen LogP contribution is -2.29. The Balaban J connectivity index is 2.13. The van der Waals surface area contributed by atoms with Gasteiger partial charge in [0.15, 0.2) is 5.71 Å². The van der Waals surface area contributed by atoms with Crippen molar-refractivity contribution in [2.24, 2.45) is 5.16 Å². The Labute approximate surface area is 166 Å². The summed E-state index contributed by atoms with van der Waals surface area (Å²) in [6.07, 6.45) is -4.43. The van der Waals surface area contributed by atoms with Crippen LogP contribution in [0.3, 0.4) is 0 Å². The van der Waals surface area contributed by atoms with Crippen molar-refractivity contribution in [3.05, 3.63) is 77.4 Å². The highest BCUT2D eigenvalue weighted by Crippen LogP contribution is 2.29. The van der Waals surface area contributed by atoms with Gasteiger partial charge in [-0.15, -0.1) is 0 Å². The number of alkyl halides is 3. The van der Waals surface area contributed by atoms with Gasteiger partial charge in [-0.25, -0.2) is 0 Å². The van der Waals surface area contributed by atoms with E-state index < -0.39 is 17.6 Å². The number of halogens is 3. The summed E-state index contributed by atoms with van der Waals surface area (Å²) in [6, 6.07) is 11.6. The van der Waals surface area contributed by atoms with Crippen molar-refractivity contribution in [2.75, 3.05) is 14.2 Å². The van der Waals surface area contributed by atoms with Crippen LogP contribution in [-0.2, 0) is 27.3 Å². The second-order valence-corrected chi connectivity index (χ2v) is 5.81. The number of nitrogens with one attached hydrogen (secondary N) is 2. The molecule has 0 heterocycles. The van der Waals surface area contributed by atoms with Gasteiger partial charge < -0.3 is 10.2 Å². The Morgan fingerprint density at radius 1 is 1.14 bits per heavy atom. The molecule has 0 spiro atoms. The summed E-state index contributed by atoms with van der Waals surface area (Å²) in [6.45, 7) is 3.73. The van der Waals surface area contributed by atoms with E-state index in [0.29, 0.717) is 22.4 Å². The second-order valence-electron chi connectivity index (χ2n) is 5.81. The average Bonchev–Trinajstić information content (AvgIpc) is 2.71. The van der Waals surface area contributed by atoms with E-state index in [1.54, 1.807) is 24.3 Å². The molecule has 29 heavy (non-hydrogen) atoms. The predicted octanol–water partition coefficient (Wildman–Crippen LogP) is 3.49.